The number of fused-ring (bicyclic) bond motifs is 18. The average molecular weight is 870 g/mol. The predicted octanol–water partition coefficient (Wildman–Crippen LogP) is 15.0. The molecule has 0 saturated heterocycles. The molecular formula is C60H35N7O. The third-order valence-corrected chi connectivity index (χ3v) is 14.3. The van der Waals surface area contributed by atoms with Crippen molar-refractivity contribution in [3.8, 4) is 17.7 Å². The van der Waals surface area contributed by atoms with Crippen molar-refractivity contribution in [1.29, 1.82) is 0 Å². The summed E-state index contributed by atoms with van der Waals surface area (Å²) >= 11 is 0. The molecule has 10 heterocycles. The van der Waals surface area contributed by atoms with E-state index in [1.54, 1.807) is 0 Å². The summed E-state index contributed by atoms with van der Waals surface area (Å²) in [5.41, 5.74) is 16.8. The van der Waals surface area contributed by atoms with Gasteiger partial charge >= 0.3 is 6.01 Å². The highest BCUT2D eigenvalue weighted by molar-refractivity contribution is 6.30. The highest BCUT2D eigenvalue weighted by Gasteiger charge is 2.28. The number of benzene rings is 7. The van der Waals surface area contributed by atoms with Crippen LogP contribution in [0.25, 0.3) is 138 Å². The van der Waals surface area contributed by atoms with E-state index in [2.05, 4.69) is 211 Å². The summed E-state index contributed by atoms with van der Waals surface area (Å²) in [5.74, 6) is 0.900. The molecular weight excluding hydrogens is 835 g/mol. The molecule has 0 amide bonds. The van der Waals surface area contributed by atoms with E-state index in [9.17, 15) is 0 Å². The van der Waals surface area contributed by atoms with E-state index in [4.69, 9.17) is 14.4 Å². The smallest absolute Gasteiger partial charge is 0.307 e. The highest BCUT2D eigenvalue weighted by atomic mass is 16.4. The van der Waals surface area contributed by atoms with E-state index in [0.717, 1.165) is 50.3 Å². The SMILES string of the molecule is c1ccc(-n2c(-n3c4ccccc4c4c3c3c5ccccc5c5cccc4n53)nc3ccccc32)cc1.c1ccc2oc(-n3c4ccccc4c4c3c3c5ccccc5c5cccc4n53)nc2c1. The number of aromatic nitrogens is 7. The van der Waals surface area contributed by atoms with E-state index in [0.29, 0.717) is 6.01 Å². The molecule has 0 radical (unpaired) electrons. The van der Waals surface area contributed by atoms with E-state index in [1.165, 1.54) is 81.7 Å². The fraction of sp³-hybridized carbons (Fsp3) is 0. The zero-order chi connectivity index (χ0) is 44.2. The monoisotopic (exact) mass is 869 g/mol. The molecule has 0 saturated carbocycles. The summed E-state index contributed by atoms with van der Waals surface area (Å²) < 4.78 is 18.0. The second-order valence-corrected chi connectivity index (χ2v) is 17.7. The highest BCUT2D eigenvalue weighted by Crippen LogP contribution is 2.46. The van der Waals surface area contributed by atoms with Crippen LogP contribution < -0.4 is 0 Å². The van der Waals surface area contributed by atoms with Crippen LogP contribution in [0.3, 0.4) is 0 Å². The summed E-state index contributed by atoms with van der Waals surface area (Å²) in [6.45, 7) is 0. The van der Waals surface area contributed by atoms with Crippen LogP contribution in [0.15, 0.2) is 217 Å². The van der Waals surface area contributed by atoms with Crippen molar-refractivity contribution in [3.05, 3.63) is 212 Å². The van der Waals surface area contributed by atoms with Gasteiger partial charge in [0.05, 0.1) is 66.2 Å². The van der Waals surface area contributed by atoms with E-state index >= 15 is 0 Å². The van der Waals surface area contributed by atoms with E-state index in [-0.39, 0.29) is 0 Å². The molecule has 0 atom stereocenters. The van der Waals surface area contributed by atoms with Crippen LogP contribution in [0.2, 0.25) is 0 Å². The number of imidazole rings is 1. The van der Waals surface area contributed by atoms with Crippen LogP contribution in [-0.4, -0.2) is 32.5 Å². The molecule has 0 aliphatic rings. The van der Waals surface area contributed by atoms with E-state index in [1.807, 2.05) is 24.3 Å². The van der Waals surface area contributed by atoms with Crippen LogP contribution >= 0.6 is 0 Å². The Kier molecular flexibility index (Phi) is 6.92. The zero-order valence-corrected chi connectivity index (χ0v) is 36.2. The Labute approximate surface area is 385 Å². The quantitative estimate of drug-likeness (QED) is 0.178. The van der Waals surface area contributed by atoms with Crippen LogP contribution in [0.5, 0.6) is 0 Å². The number of nitrogens with zero attached hydrogens (tertiary/aromatic N) is 7. The summed E-state index contributed by atoms with van der Waals surface area (Å²) in [4.78, 5) is 10.1. The Hall–Kier alpha value is -9.40. The minimum Gasteiger partial charge on any atom is -0.423 e. The lowest BCUT2D eigenvalue weighted by atomic mass is 10.1. The van der Waals surface area contributed by atoms with Gasteiger partial charge in [-0.1, -0.05) is 140 Å². The number of hydrogen-bond donors (Lipinski definition) is 0. The lowest BCUT2D eigenvalue weighted by Gasteiger charge is -2.12. The Bertz CT molecular complexity index is 4830. The Balaban J connectivity index is 0.000000121. The van der Waals surface area contributed by atoms with Gasteiger partial charge in [-0.3, -0.25) is 13.7 Å². The van der Waals surface area contributed by atoms with Crippen LogP contribution in [0.1, 0.15) is 0 Å². The second-order valence-electron chi connectivity index (χ2n) is 17.7. The maximum atomic E-state index is 6.27. The first kappa shape index (κ1) is 35.9. The molecule has 7 aromatic carbocycles. The van der Waals surface area contributed by atoms with Gasteiger partial charge in [-0.05, 0) is 72.8 Å². The third-order valence-electron chi connectivity index (χ3n) is 14.3. The molecule has 316 valence electrons. The Morgan fingerprint density at radius 2 is 0.750 bits per heavy atom. The molecule has 8 nitrogen and oxygen atoms in total. The normalized spacial score (nSPS) is 12.4. The van der Waals surface area contributed by atoms with Gasteiger partial charge in [-0.25, -0.2) is 4.98 Å². The number of pyridine rings is 2. The number of hydrogen-bond acceptors (Lipinski definition) is 3. The molecule has 8 heteroatoms. The Morgan fingerprint density at radius 1 is 0.294 bits per heavy atom. The first-order valence-electron chi connectivity index (χ1n) is 23.0. The number of para-hydroxylation sites is 7. The first-order chi connectivity index (χ1) is 33.8. The molecule has 10 aromatic heterocycles. The first-order valence-corrected chi connectivity index (χ1v) is 23.0. The lowest BCUT2D eigenvalue weighted by molar-refractivity contribution is 0.574. The van der Waals surface area contributed by atoms with Gasteiger partial charge in [0.1, 0.15) is 5.52 Å². The van der Waals surface area contributed by atoms with Gasteiger partial charge < -0.3 is 13.2 Å². The summed E-state index contributed by atoms with van der Waals surface area (Å²) in [6, 6.07) is 75.4. The maximum Gasteiger partial charge on any atom is 0.307 e. The standard InChI is InChI=1S/C33H20N4.C27H15N3O/c1-2-11-21(12-3-1)35-28-18-9-7-16-25(28)34-33(35)37-27-17-8-6-15-24(27)30-29-20-10-19-26-22-13-4-5-14-23(22)31(32(30)37)36(26)29;1-2-9-17-16(8-1)20-13-7-14-22-24-18-10-3-5-12-21(18)30(26(24)25(17)29(20)22)27-28-19-11-4-6-15-23(19)31-27/h1-20H;1-15H. The van der Waals surface area contributed by atoms with Gasteiger partial charge in [-0.2, -0.15) is 4.98 Å². The van der Waals surface area contributed by atoms with Crippen molar-refractivity contribution < 1.29 is 4.42 Å². The number of rotatable bonds is 3. The van der Waals surface area contributed by atoms with E-state index < -0.39 is 0 Å². The molecule has 17 aromatic rings. The Morgan fingerprint density at radius 3 is 1.37 bits per heavy atom. The van der Waals surface area contributed by atoms with Gasteiger partial charge in [0.2, 0.25) is 5.95 Å². The van der Waals surface area contributed by atoms with Crippen molar-refractivity contribution in [2.24, 2.45) is 0 Å². The van der Waals surface area contributed by atoms with Crippen LogP contribution in [-0.2, 0) is 0 Å². The van der Waals surface area contributed by atoms with Crippen LogP contribution in [0, 0.1) is 0 Å². The summed E-state index contributed by atoms with van der Waals surface area (Å²) in [7, 11) is 0. The van der Waals surface area contributed by atoms with Crippen molar-refractivity contribution in [2.75, 3.05) is 0 Å². The maximum absolute atomic E-state index is 6.27. The topological polar surface area (TPSA) is 62.5 Å². The van der Waals surface area contributed by atoms with Crippen molar-refractivity contribution in [1.82, 2.24) is 32.5 Å². The summed E-state index contributed by atoms with van der Waals surface area (Å²) in [5, 5.41) is 10.0. The van der Waals surface area contributed by atoms with Gasteiger partial charge in [0.15, 0.2) is 5.58 Å². The van der Waals surface area contributed by atoms with Gasteiger partial charge in [0, 0.05) is 48.8 Å². The largest absolute Gasteiger partial charge is 0.423 e. The van der Waals surface area contributed by atoms with Crippen molar-refractivity contribution >= 4 is 120 Å². The molecule has 0 fully saturated rings. The fourth-order valence-corrected chi connectivity index (χ4v) is 11.6. The predicted molar refractivity (Wildman–Crippen MR) is 278 cm³/mol. The minimum atomic E-state index is 0.602. The molecule has 17 rings (SSSR count). The number of oxazole rings is 1. The molecule has 0 bridgehead atoms. The molecule has 0 spiro atoms. The summed E-state index contributed by atoms with van der Waals surface area (Å²) in [6.07, 6.45) is 0. The zero-order valence-electron chi connectivity index (χ0n) is 36.2. The van der Waals surface area contributed by atoms with Crippen LogP contribution in [0.4, 0.5) is 0 Å². The van der Waals surface area contributed by atoms with Crippen molar-refractivity contribution in [2.45, 2.75) is 0 Å². The lowest BCUT2D eigenvalue weighted by Crippen LogP contribution is -2.05. The molecule has 0 aliphatic carbocycles. The average Bonchev–Trinajstić information content (AvgIpc) is 4.28. The molecule has 0 N–H and O–H groups in total. The fourth-order valence-electron chi connectivity index (χ4n) is 11.6. The van der Waals surface area contributed by atoms with Gasteiger partial charge in [0.25, 0.3) is 0 Å². The molecule has 0 unspecified atom stereocenters. The second kappa shape index (κ2) is 13.1. The molecule has 0 aliphatic heterocycles. The van der Waals surface area contributed by atoms with Crippen molar-refractivity contribution in [3.63, 3.8) is 0 Å². The molecule has 68 heavy (non-hydrogen) atoms. The minimum absolute atomic E-state index is 0.602. The third kappa shape index (κ3) is 4.53. The van der Waals surface area contributed by atoms with Gasteiger partial charge in [-0.15, -0.1) is 0 Å².